The summed E-state index contributed by atoms with van der Waals surface area (Å²) in [4.78, 5) is 2.49. The van der Waals surface area contributed by atoms with E-state index in [2.05, 4.69) is 24.1 Å². The Bertz CT molecular complexity index is 147. The summed E-state index contributed by atoms with van der Waals surface area (Å²) in [5.41, 5.74) is 0. The Hall–Kier alpha value is -0.120. The van der Waals surface area contributed by atoms with Crippen LogP contribution in [0, 0.1) is 0 Å². The summed E-state index contributed by atoms with van der Waals surface area (Å²) in [6.45, 7) is 11.1. The van der Waals surface area contributed by atoms with Crippen molar-refractivity contribution in [1.29, 1.82) is 0 Å². The zero-order chi connectivity index (χ0) is 10.9. The van der Waals surface area contributed by atoms with Crippen LogP contribution in [-0.4, -0.2) is 50.3 Å². The van der Waals surface area contributed by atoms with Gasteiger partial charge in [0.2, 0.25) is 0 Å². The van der Waals surface area contributed by atoms with Crippen LogP contribution in [0.3, 0.4) is 0 Å². The van der Waals surface area contributed by atoms with E-state index < -0.39 is 0 Å². The van der Waals surface area contributed by atoms with Crippen LogP contribution < -0.4 is 5.32 Å². The van der Waals surface area contributed by atoms with Crippen LogP contribution >= 0.6 is 0 Å². The molecule has 0 saturated carbocycles. The third-order valence-corrected chi connectivity index (χ3v) is 2.99. The fourth-order valence-corrected chi connectivity index (χ4v) is 2.05. The SMILES string of the molecule is CCCN(CC)CCNCC1CCCO1. The molecule has 0 radical (unpaired) electrons. The van der Waals surface area contributed by atoms with E-state index in [0.717, 1.165) is 32.8 Å². The van der Waals surface area contributed by atoms with E-state index >= 15 is 0 Å². The van der Waals surface area contributed by atoms with Gasteiger partial charge in [-0.25, -0.2) is 0 Å². The summed E-state index contributed by atoms with van der Waals surface area (Å²) in [7, 11) is 0. The highest BCUT2D eigenvalue weighted by atomic mass is 16.5. The van der Waals surface area contributed by atoms with Gasteiger partial charge in [0.1, 0.15) is 0 Å². The van der Waals surface area contributed by atoms with Gasteiger partial charge in [-0.1, -0.05) is 13.8 Å². The van der Waals surface area contributed by atoms with Crippen LogP contribution in [0.5, 0.6) is 0 Å². The number of nitrogens with zero attached hydrogens (tertiary/aromatic N) is 1. The first kappa shape index (κ1) is 12.9. The topological polar surface area (TPSA) is 24.5 Å². The monoisotopic (exact) mass is 214 g/mol. The Kier molecular flexibility index (Phi) is 6.98. The molecular formula is C12H26N2O. The van der Waals surface area contributed by atoms with Gasteiger partial charge >= 0.3 is 0 Å². The molecular weight excluding hydrogens is 188 g/mol. The second-order valence-electron chi connectivity index (χ2n) is 4.27. The lowest BCUT2D eigenvalue weighted by atomic mass is 10.2. The van der Waals surface area contributed by atoms with E-state index in [-0.39, 0.29) is 0 Å². The van der Waals surface area contributed by atoms with Crippen molar-refractivity contribution in [3.63, 3.8) is 0 Å². The summed E-state index contributed by atoms with van der Waals surface area (Å²) in [5, 5.41) is 3.48. The maximum atomic E-state index is 5.56. The van der Waals surface area contributed by atoms with E-state index in [0.29, 0.717) is 6.10 Å². The zero-order valence-electron chi connectivity index (χ0n) is 10.3. The zero-order valence-corrected chi connectivity index (χ0v) is 10.3. The van der Waals surface area contributed by atoms with Crippen LogP contribution in [0.15, 0.2) is 0 Å². The van der Waals surface area contributed by atoms with E-state index in [1.165, 1.54) is 25.8 Å². The molecule has 0 aromatic heterocycles. The van der Waals surface area contributed by atoms with Gasteiger partial charge < -0.3 is 15.0 Å². The lowest BCUT2D eigenvalue weighted by Gasteiger charge is -2.20. The van der Waals surface area contributed by atoms with E-state index in [4.69, 9.17) is 4.74 Å². The molecule has 1 atom stereocenters. The summed E-state index contributed by atoms with van der Waals surface area (Å²) < 4.78 is 5.56. The van der Waals surface area contributed by atoms with Crippen LogP contribution in [0.1, 0.15) is 33.1 Å². The molecule has 3 heteroatoms. The highest BCUT2D eigenvalue weighted by Crippen LogP contribution is 2.10. The maximum absolute atomic E-state index is 5.56. The average Bonchev–Trinajstić information content (AvgIpc) is 2.75. The summed E-state index contributed by atoms with van der Waals surface area (Å²) in [6, 6.07) is 0. The molecule has 0 bridgehead atoms. The van der Waals surface area contributed by atoms with Gasteiger partial charge in [-0.3, -0.25) is 0 Å². The van der Waals surface area contributed by atoms with E-state index in [1.807, 2.05) is 0 Å². The van der Waals surface area contributed by atoms with Gasteiger partial charge in [0.05, 0.1) is 6.10 Å². The molecule has 0 amide bonds. The summed E-state index contributed by atoms with van der Waals surface area (Å²) in [5.74, 6) is 0. The fraction of sp³-hybridized carbons (Fsp3) is 1.00. The van der Waals surface area contributed by atoms with Crippen molar-refractivity contribution in [2.45, 2.75) is 39.2 Å². The molecule has 1 aliphatic rings. The minimum absolute atomic E-state index is 0.478. The van der Waals surface area contributed by atoms with Crippen molar-refractivity contribution >= 4 is 0 Å². The normalized spacial score (nSPS) is 21.4. The molecule has 1 rings (SSSR count). The van der Waals surface area contributed by atoms with Crippen LogP contribution in [0.4, 0.5) is 0 Å². The lowest BCUT2D eigenvalue weighted by molar-refractivity contribution is 0.109. The molecule has 0 aromatic carbocycles. The Morgan fingerprint density at radius 1 is 1.33 bits per heavy atom. The Labute approximate surface area is 94.2 Å². The lowest BCUT2D eigenvalue weighted by Crippen LogP contribution is -2.35. The maximum Gasteiger partial charge on any atom is 0.0700 e. The molecule has 0 aromatic rings. The van der Waals surface area contributed by atoms with Gasteiger partial charge in [-0.05, 0) is 32.4 Å². The molecule has 1 unspecified atom stereocenters. The number of hydrogen-bond donors (Lipinski definition) is 1. The summed E-state index contributed by atoms with van der Waals surface area (Å²) in [6.07, 6.45) is 4.20. The molecule has 0 aliphatic carbocycles. The molecule has 1 N–H and O–H groups in total. The predicted octanol–water partition coefficient (Wildman–Crippen LogP) is 1.49. The minimum atomic E-state index is 0.478. The Morgan fingerprint density at radius 3 is 2.80 bits per heavy atom. The quantitative estimate of drug-likeness (QED) is 0.620. The van der Waals surface area contributed by atoms with Crippen LogP contribution in [0.25, 0.3) is 0 Å². The molecule has 15 heavy (non-hydrogen) atoms. The van der Waals surface area contributed by atoms with Crippen molar-refractivity contribution in [2.75, 3.05) is 39.3 Å². The van der Waals surface area contributed by atoms with Crippen LogP contribution in [0.2, 0.25) is 0 Å². The third kappa shape index (κ3) is 5.50. The Morgan fingerprint density at radius 2 is 2.20 bits per heavy atom. The summed E-state index contributed by atoms with van der Waals surface area (Å²) >= 11 is 0. The second kappa shape index (κ2) is 8.08. The molecule has 90 valence electrons. The van der Waals surface area contributed by atoms with Crippen molar-refractivity contribution in [3.05, 3.63) is 0 Å². The van der Waals surface area contributed by atoms with Gasteiger partial charge in [-0.15, -0.1) is 0 Å². The number of nitrogens with one attached hydrogen (secondary N) is 1. The number of rotatable bonds is 8. The first-order valence-corrected chi connectivity index (χ1v) is 6.41. The second-order valence-corrected chi connectivity index (χ2v) is 4.27. The standard InChI is InChI=1S/C12H26N2O/c1-3-8-14(4-2)9-7-13-11-12-6-5-10-15-12/h12-13H,3-11H2,1-2H3. The van der Waals surface area contributed by atoms with Gasteiger partial charge in [-0.2, -0.15) is 0 Å². The first-order valence-electron chi connectivity index (χ1n) is 6.41. The molecule has 3 nitrogen and oxygen atoms in total. The van der Waals surface area contributed by atoms with Gasteiger partial charge in [0, 0.05) is 26.2 Å². The number of hydrogen-bond acceptors (Lipinski definition) is 3. The van der Waals surface area contributed by atoms with Crippen LogP contribution in [-0.2, 0) is 4.74 Å². The highest BCUT2D eigenvalue weighted by Gasteiger charge is 2.14. The number of likely N-dealkylation sites (N-methyl/N-ethyl adjacent to an activating group) is 1. The third-order valence-electron chi connectivity index (χ3n) is 2.99. The van der Waals surface area contributed by atoms with E-state index in [1.54, 1.807) is 0 Å². The molecule has 0 spiro atoms. The van der Waals surface area contributed by atoms with Gasteiger partial charge in [0.25, 0.3) is 0 Å². The number of ether oxygens (including phenoxy) is 1. The Balaban J connectivity index is 1.94. The average molecular weight is 214 g/mol. The van der Waals surface area contributed by atoms with Crippen molar-refractivity contribution in [1.82, 2.24) is 10.2 Å². The van der Waals surface area contributed by atoms with E-state index in [9.17, 15) is 0 Å². The fourth-order valence-electron chi connectivity index (χ4n) is 2.05. The molecule has 1 saturated heterocycles. The van der Waals surface area contributed by atoms with Gasteiger partial charge in [0.15, 0.2) is 0 Å². The van der Waals surface area contributed by atoms with Crippen molar-refractivity contribution < 1.29 is 4.74 Å². The first-order chi connectivity index (χ1) is 7.36. The minimum Gasteiger partial charge on any atom is -0.377 e. The largest absolute Gasteiger partial charge is 0.377 e. The molecule has 1 heterocycles. The molecule has 1 fully saturated rings. The highest BCUT2D eigenvalue weighted by molar-refractivity contribution is 4.68. The van der Waals surface area contributed by atoms with Crippen molar-refractivity contribution in [3.8, 4) is 0 Å². The predicted molar refractivity (Wildman–Crippen MR) is 64.2 cm³/mol. The molecule has 1 aliphatic heterocycles. The van der Waals surface area contributed by atoms with Crippen molar-refractivity contribution in [2.24, 2.45) is 0 Å². The smallest absolute Gasteiger partial charge is 0.0700 e.